The number of carbonyl (C=O) groups is 2. The van der Waals surface area contributed by atoms with Crippen LogP contribution in [0.1, 0.15) is 26.2 Å². The first kappa shape index (κ1) is 23.4. The van der Waals surface area contributed by atoms with Crippen molar-refractivity contribution in [1.82, 2.24) is 0 Å². The molecular weight excluding hydrogens is 476 g/mol. The molecule has 0 saturated carbocycles. The highest BCUT2D eigenvalue weighted by molar-refractivity contribution is 6.26. The number of amides is 2. The molecule has 0 spiro atoms. The molecular formula is C28H26N2O7. The molecule has 0 aliphatic carbocycles. The number of methoxy groups -OCH3 is 1. The van der Waals surface area contributed by atoms with Gasteiger partial charge in [-0.1, -0.05) is 18.2 Å². The summed E-state index contributed by atoms with van der Waals surface area (Å²) in [6, 6.07) is 16.9. The standard InChI is InChI=1S/C28H26N2O7/c1-27-13-14-28(37-27,15-16-36-18-9-7-17(35-2)8-10-18)24-23(27)25(31)29(26(24)32)21-11-12-22(30(33)34)20-6-4-3-5-19(20)21/h3-12,23-24H,13-16H2,1-2H3/t23-,24+,27?,28?/m0/s1. The van der Waals surface area contributed by atoms with Gasteiger partial charge in [0, 0.05) is 17.9 Å². The number of hydrogen-bond donors (Lipinski definition) is 0. The number of imide groups is 1. The predicted octanol–water partition coefficient (Wildman–Crippen LogP) is 4.65. The molecule has 0 aromatic heterocycles. The van der Waals surface area contributed by atoms with E-state index < -0.39 is 28.0 Å². The van der Waals surface area contributed by atoms with Crippen molar-refractivity contribution >= 4 is 34.0 Å². The predicted molar refractivity (Wildman–Crippen MR) is 135 cm³/mol. The van der Waals surface area contributed by atoms with E-state index in [2.05, 4.69) is 0 Å². The molecule has 3 aromatic rings. The molecule has 2 bridgehead atoms. The van der Waals surface area contributed by atoms with Gasteiger partial charge in [0.2, 0.25) is 11.8 Å². The van der Waals surface area contributed by atoms with Crippen LogP contribution in [0.5, 0.6) is 11.5 Å². The highest BCUT2D eigenvalue weighted by atomic mass is 16.6. The third kappa shape index (κ3) is 3.41. The zero-order valence-electron chi connectivity index (χ0n) is 20.5. The summed E-state index contributed by atoms with van der Waals surface area (Å²) in [7, 11) is 1.60. The van der Waals surface area contributed by atoms with Crippen molar-refractivity contribution in [1.29, 1.82) is 0 Å². The fraction of sp³-hybridized carbons (Fsp3) is 0.357. The van der Waals surface area contributed by atoms with Gasteiger partial charge < -0.3 is 14.2 Å². The first-order valence-electron chi connectivity index (χ1n) is 12.3. The normalized spacial score (nSPS) is 28.1. The molecule has 2 unspecified atom stereocenters. The maximum Gasteiger partial charge on any atom is 0.277 e. The van der Waals surface area contributed by atoms with Gasteiger partial charge in [0.15, 0.2) is 0 Å². The van der Waals surface area contributed by atoms with E-state index in [-0.39, 0.29) is 17.5 Å². The van der Waals surface area contributed by atoms with E-state index in [9.17, 15) is 19.7 Å². The van der Waals surface area contributed by atoms with Crippen LogP contribution in [0.15, 0.2) is 60.7 Å². The van der Waals surface area contributed by atoms with Gasteiger partial charge >= 0.3 is 0 Å². The van der Waals surface area contributed by atoms with Gasteiger partial charge in [-0.15, -0.1) is 0 Å². The molecule has 4 atom stereocenters. The van der Waals surface area contributed by atoms with Crippen molar-refractivity contribution in [2.45, 2.75) is 37.4 Å². The van der Waals surface area contributed by atoms with Gasteiger partial charge in [0.25, 0.3) is 5.69 Å². The summed E-state index contributed by atoms with van der Waals surface area (Å²) in [5.41, 5.74) is -1.24. The monoisotopic (exact) mass is 502 g/mol. The number of anilines is 1. The van der Waals surface area contributed by atoms with Crippen molar-refractivity contribution in [2.24, 2.45) is 11.8 Å². The Kier molecular flexibility index (Phi) is 5.24. The number of nitro benzene ring substituents is 1. The molecule has 6 rings (SSSR count). The third-order valence-corrected chi connectivity index (χ3v) is 8.18. The first-order valence-corrected chi connectivity index (χ1v) is 12.3. The molecule has 9 nitrogen and oxygen atoms in total. The van der Waals surface area contributed by atoms with Crippen molar-refractivity contribution in [3.8, 4) is 11.5 Å². The summed E-state index contributed by atoms with van der Waals surface area (Å²) in [5.74, 6) is -0.458. The molecule has 3 fully saturated rings. The van der Waals surface area contributed by atoms with E-state index in [1.165, 1.54) is 17.0 Å². The minimum Gasteiger partial charge on any atom is -0.497 e. The molecule has 2 amide bonds. The Morgan fingerprint density at radius 2 is 1.65 bits per heavy atom. The number of hydrogen-bond acceptors (Lipinski definition) is 7. The van der Waals surface area contributed by atoms with Crippen LogP contribution in [0.25, 0.3) is 10.8 Å². The van der Waals surface area contributed by atoms with Gasteiger partial charge in [-0.25, -0.2) is 4.90 Å². The summed E-state index contributed by atoms with van der Waals surface area (Å²) in [6.45, 7) is 2.24. The van der Waals surface area contributed by atoms with Crippen LogP contribution in [0.4, 0.5) is 11.4 Å². The Morgan fingerprint density at radius 3 is 2.35 bits per heavy atom. The Hall–Kier alpha value is -3.98. The van der Waals surface area contributed by atoms with E-state index in [0.29, 0.717) is 48.1 Å². The van der Waals surface area contributed by atoms with Crippen LogP contribution in [0.3, 0.4) is 0 Å². The highest BCUT2D eigenvalue weighted by Gasteiger charge is 2.73. The van der Waals surface area contributed by atoms with Crippen LogP contribution >= 0.6 is 0 Å². The Morgan fingerprint density at radius 1 is 0.973 bits per heavy atom. The van der Waals surface area contributed by atoms with Crippen LogP contribution in [-0.4, -0.2) is 41.7 Å². The molecule has 3 heterocycles. The van der Waals surface area contributed by atoms with Crippen LogP contribution in [0, 0.1) is 22.0 Å². The van der Waals surface area contributed by atoms with E-state index in [1.54, 1.807) is 31.4 Å². The van der Waals surface area contributed by atoms with Gasteiger partial charge in [0.05, 0.1) is 52.8 Å². The fourth-order valence-electron chi connectivity index (χ4n) is 6.48. The third-order valence-electron chi connectivity index (χ3n) is 8.18. The lowest BCUT2D eigenvalue weighted by molar-refractivity contribution is -0.383. The summed E-state index contributed by atoms with van der Waals surface area (Å²) in [5, 5.41) is 12.5. The number of nitrogens with zero attached hydrogens (tertiary/aromatic N) is 2. The van der Waals surface area contributed by atoms with Gasteiger partial charge in [0.1, 0.15) is 11.5 Å². The highest BCUT2D eigenvalue weighted by Crippen LogP contribution is 2.62. The van der Waals surface area contributed by atoms with Crippen molar-refractivity contribution in [3.63, 3.8) is 0 Å². The maximum absolute atomic E-state index is 13.9. The Labute approximate surface area is 213 Å². The smallest absolute Gasteiger partial charge is 0.277 e. The van der Waals surface area contributed by atoms with Crippen LogP contribution < -0.4 is 14.4 Å². The first-order chi connectivity index (χ1) is 17.8. The van der Waals surface area contributed by atoms with Gasteiger partial charge in [-0.05, 0) is 56.2 Å². The average molecular weight is 503 g/mol. The molecule has 9 heteroatoms. The molecule has 3 aliphatic rings. The minimum absolute atomic E-state index is 0.0684. The zero-order chi connectivity index (χ0) is 25.9. The Bertz CT molecular complexity index is 1440. The number of fused-ring (bicyclic) bond motifs is 6. The molecule has 0 N–H and O–H groups in total. The van der Waals surface area contributed by atoms with Crippen molar-refractivity contribution in [2.75, 3.05) is 18.6 Å². The van der Waals surface area contributed by atoms with Crippen molar-refractivity contribution in [3.05, 3.63) is 70.8 Å². The second kappa shape index (κ2) is 8.27. The molecule has 0 radical (unpaired) electrons. The number of carbonyl (C=O) groups excluding carboxylic acids is 2. The SMILES string of the molecule is COc1ccc(OCCC23CCC(C)(O2)[C@@H]2C(=O)N(c4ccc([N+](=O)[O-])c5ccccc45)C(=O)[C@@H]23)cc1. The zero-order valence-corrected chi connectivity index (χ0v) is 20.5. The number of non-ortho nitro benzene ring substituents is 1. The topological polar surface area (TPSA) is 108 Å². The largest absolute Gasteiger partial charge is 0.497 e. The van der Waals surface area contributed by atoms with E-state index >= 15 is 0 Å². The van der Waals surface area contributed by atoms with Gasteiger partial charge in [-0.3, -0.25) is 19.7 Å². The number of rotatable bonds is 7. The lowest BCUT2D eigenvalue weighted by Crippen LogP contribution is -2.43. The maximum atomic E-state index is 13.9. The molecule has 190 valence electrons. The molecule has 3 aromatic carbocycles. The molecule has 3 saturated heterocycles. The van der Waals surface area contributed by atoms with E-state index in [0.717, 1.165) is 5.75 Å². The molecule has 37 heavy (non-hydrogen) atoms. The van der Waals surface area contributed by atoms with Crippen LogP contribution in [-0.2, 0) is 14.3 Å². The summed E-state index contributed by atoms with van der Waals surface area (Å²) in [6.07, 6.45) is 1.79. The van der Waals surface area contributed by atoms with Crippen LogP contribution in [0.2, 0.25) is 0 Å². The quantitative estimate of drug-likeness (QED) is 0.263. The average Bonchev–Trinajstić information content (AvgIpc) is 3.48. The van der Waals surface area contributed by atoms with E-state index in [4.69, 9.17) is 14.2 Å². The summed E-state index contributed by atoms with van der Waals surface area (Å²) >= 11 is 0. The second-order valence-corrected chi connectivity index (χ2v) is 10.1. The van der Waals surface area contributed by atoms with Crippen molar-refractivity contribution < 1.29 is 28.7 Å². The number of benzene rings is 3. The summed E-state index contributed by atoms with van der Waals surface area (Å²) in [4.78, 5) is 40.1. The summed E-state index contributed by atoms with van der Waals surface area (Å²) < 4.78 is 17.6. The minimum atomic E-state index is -0.802. The Balaban J connectivity index is 1.31. The van der Waals surface area contributed by atoms with E-state index in [1.807, 2.05) is 31.2 Å². The number of nitro groups is 1. The lowest BCUT2D eigenvalue weighted by Gasteiger charge is -2.31. The molecule has 3 aliphatic heterocycles. The lowest BCUT2D eigenvalue weighted by atomic mass is 9.67. The fourth-order valence-corrected chi connectivity index (χ4v) is 6.48. The number of ether oxygens (including phenoxy) is 3. The second-order valence-electron chi connectivity index (χ2n) is 10.1. The van der Waals surface area contributed by atoms with Gasteiger partial charge in [-0.2, -0.15) is 0 Å².